The Hall–Kier alpha value is -5.34. The zero-order valence-electron chi connectivity index (χ0n) is 30.3. The van der Waals surface area contributed by atoms with Crippen molar-refractivity contribution in [1.82, 2.24) is 45.2 Å². The van der Waals surface area contributed by atoms with Crippen LogP contribution < -0.4 is 20.3 Å². The van der Waals surface area contributed by atoms with Gasteiger partial charge in [-0.2, -0.15) is 5.10 Å². The van der Waals surface area contributed by atoms with Gasteiger partial charge in [0.05, 0.1) is 35.3 Å². The molecule has 3 aliphatic heterocycles. The highest BCUT2D eigenvalue weighted by Crippen LogP contribution is 2.36. The Labute approximate surface area is 317 Å². The van der Waals surface area contributed by atoms with Crippen molar-refractivity contribution in [3.63, 3.8) is 0 Å². The zero-order chi connectivity index (χ0) is 37.3. The van der Waals surface area contributed by atoms with Crippen LogP contribution in [-0.4, -0.2) is 91.6 Å². The summed E-state index contributed by atoms with van der Waals surface area (Å²) in [5.74, 6) is 1.70. The van der Waals surface area contributed by atoms with Crippen molar-refractivity contribution in [3.05, 3.63) is 77.0 Å². The van der Waals surface area contributed by atoms with Crippen molar-refractivity contribution < 1.29 is 19.1 Å². The highest BCUT2D eigenvalue weighted by Gasteiger charge is 2.30. The molecule has 54 heavy (non-hydrogen) atoms. The Morgan fingerprint density at radius 1 is 1.04 bits per heavy atom. The van der Waals surface area contributed by atoms with Crippen LogP contribution in [0, 0.1) is 18.8 Å². The maximum absolute atomic E-state index is 13.1. The number of rotatable bonds is 10. The maximum atomic E-state index is 13.1. The van der Waals surface area contributed by atoms with Crippen molar-refractivity contribution in [2.24, 2.45) is 18.9 Å². The summed E-state index contributed by atoms with van der Waals surface area (Å²) in [5.41, 5.74) is 5.22. The molecule has 3 fully saturated rings. The molecule has 2 atom stereocenters. The summed E-state index contributed by atoms with van der Waals surface area (Å²) in [6.45, 7) is 7.51. The van der Waals surface area contributed by atoms with E-state index in [9.17, 15) is 14.4 Å². The number of hydrogen-bond acceptors (Lipinski definition) is 10. The van der Waals surface area contributed by atoms with E-state index in [1.54, 1.807) is 35.1 Å². The fourth-order valence-corrected chi connectivity index (χ4v) is 8.09. The summed E-state index contributed by atoms with van der Waals surface area (Å²) in [6.07, 6.45) is 11.1. The molecule has 0 aliphatic carbocycles. The number of ether oxygens (including phenoxy) is 1. The first-order chi connectivity index (χ1) is 26.2. The summed E-state index contributed by atoms with van der Waals surface area (Å²) >= 11 is 6.52. The molecule has 0 bridgehead atoms. The third-order valence-electron chi connectivity index (χ3n) is 10.8. The number of carbonyl (C=O) groups is 3. The number of pyridine rings is 2. The van der Waals surface area contributed by atoms with Crippen LogP contribution in [-0.2, 0) is 16.6 Å². The van der Waals surface area contributed by atoms with Gasteiger partial charge in [-0.1, -0.05) is 11.6 Å². The molecule has 14 nitrogen and oxygen atoms in total. The van der Waals surface area contributed by atoms with E-state index in [1.165, 1.54) is 6.20 Å². The minimum Gasteiger partial charge on any atom is -0.453 e. The average Bonchev–Trinajstić information content (AvgIpc) is 3.90. The van der Waals surface area contributed by atoms with Gasteiger partial charge in [0.1, 0.15) is 22.1 Å². The number of hydrogen-bond donors (Lipinski definition) is 3. The molecule has 0 spiro atoms. The number of carbonyl (C=O) groups excluding carboxylic acids is 3. The van der Waals surface area contributed by atoms with Gasteiger partial charge in [-0.3, -0.25) is 29.4 Å². The lowest BCUT2D eigenvalue weighted by Crippen LogP contribution is -2.40. The van der Waals surface area contributed by atoms with Crippen molar-refractivity contribution in [3.8, 4) is 22.9 Å². The van der Waals surface area contributed by atoms with Gasteiger partial charge in [-0.25, -0.2) is 9.97 Å². The largest absolute Gasteiger partial charge is 0.453 e. The number of anilines is 1. The van der Waals surface area contributed by atoms with Gasteiger partial charge < -0.3 is 24.8 Å². The molecule has 0 radical (unpaired) electrons. The van der Waals surface area contributed by atoms with Gasteiger partial charge in [0.15, 0.2) is 11.4 Å². The molecule has 5 aromatic rings. The number of H-pyrrole nitrogens is 1. The van der Waals surface area contributed by atoms with Crippen LogP contribution in [0.4, 0.5) is 5.69 Å². The van der Waals surface area contributed by atoms with Crippen LogP contribution >= 0.6 is 11.6 Å². The molecule has 3 N–H and O–H groups in total. The lowest BCUT2D eigenvalue weighted by atomic mass is 9.91. The van der Waals surface area contributed by atoms with Crippen LogP contribution in [0.1, 0.15) is 59.6 Å². The van der Waals surface area contributed by atoms with Gasteiger partial charge in [-0.15, -0.1) is 0 Å². The number of nitrogens with zero attached hydrogens (tertiary/aromatic N) is 7. The third kappa shape index (κ3) is 7.66. The average molecular weight is 751 g/mol. The van der Waals surface area contributed by atoms with E-state index >= 15 is 0 Å². The summed E-state index contributed by atoms with van der Waals surface area (Å²) in [6, 6.07) is 9.08. The third-order valence-corrected chi connectivity index (χ3v) is 11.1. The Bertz CT molecular complexity index is 2190. The van der Waals surface area contributed by atoms with E-state index in [-0.39, 0.29) is 23.6 Å². The van der Waals surface area contributed by atoms with Gasteiger partial charge in [0.25, 0.3) is 5.91 Å². The second-order valence-corrected chi connectivity index (χ2v) is 15.1. The highest BCUT2D eigenvalue weighted by atomic mass is 35.5. The lowest BCUT2D eigenvalue weighted by molar-refractivity contribution is -0.134. The van der Waals surface area contributed by atoms with Crippen LogP contribution in [0.25, 0.3) is 22.6 Å². The number of aromatic amines is 1. The number of fused-ring (bicyclic) bond motifs is 1. The Balaban J connectivity index is 0.795. The smallest absolute Gasteiger partial charge is 0.251 e. The predicted molar refractivity (Wildman–Crippen MR) is 204 cm³/mol. The van der Waals surface area contributed by atoms with Crippen molar-refractivity contribution in [2.45, 2.75) is 44.9 Å². The zero-order valence-corrected chi connectivity index (χ0v) is 31.1. The van der Waals surface area contributed by atoms with Crippen molar-refractivity contribution >= 4 is 46.2 Å². The first-order valence-corrected chi connectivity index (χ1v) is 18.9. The SMILES string of the molecule is Cc1nn(C)cc1-c1nc2ncc(Cl)c(Oc3ccc(C(=O)NCC4CCN(CC5CCN(c6cncc([C@@H]7CCC(=O)NC7=O)c6)CC5)C4)cc3)c2[nH]1. The second kappa shape index (κ2) is 15.2. The van der Waals surface area contributed by atoms with Gasteiger partial charge in [0, 0.05) is 64.1 Å². The van der Waals surface area contributed by atoms with Crippen molar-refractivity contribution in [1.29, 1.82) is 0 Å². The number of nitrogens with one attached hydrogen (secondary N) is 3. The minimum absolute atomic E-state index is 0.113. The quantitative estimate of drug-likeness (QED) is 0.166. The first kappa shape index (κ1) is 35.7. The lowest BCUT2D eigenvalue weighted by Gasteiger charge is -2.35. The van der Waals surface area contributed by atoms with Crippen LogP contribution in [0.5, 0.6) is 11.5 Å². The van der Waals surface area contributed by atoms with Crippen LogP contribution in [0.15, 0.2) is 55.1 Å². The molecule has 3 amide bonds. The van der Waals surface area contributed by atoms with E-state index in [0.717, 1.165) is 74.5 Å². The molecule has 1 aromatic carbocycles. The summed E-state index contributed by atoms with van der Waals surface area (Å²) in [5, 5.41) is 10.3. The van der Waals surface area contributed by atoms with Crippen LogP contribution in [0.3, 0.4) is 0 Å². The Morgan fingerprint density at radius 3 is 2.59 bits per heavy atom. The second-order valence-electron chi connectivity index (χ2n) is 14.7. The molecular weight excluding hydrogens is 708 g/mol. The topological polar surface area (TPSA) is 163 Å². The van der Waals surface area contributed by atoms with E-state index in [0.29, 0.717) is 70.3 Å². The maximum Gasteiger partial charge on any atom is 0.251 e. The number of benzene rings is 1. The number of amides is 3. The standard InChI is InChI=1S/C39H43ClN10O4/c1-23-31(22-48(2)47-23)36-45-34-35(32(40)19-42-37(34)46-36)54-29-5-3-26(4-6-29)38(52)43-16-25-9-12-49(21-25)20-24-10-13-50(14-11-24)28-15-27(17-41-18-28)30-7-8-33(51)44-39(30)53/h3-6,15,17-19,22,24-25,30H,7-14,16,20-21H2,1-2H3,(H,43,52)(H,42,45,46)(H,44,51,53)/t25?,30-/m0/s1. The number of imidazole rings is 1. The molecular formula is C39H43ClN10O4. The normalized spacial score (nSPS) is 19.7. The fraction of sp³-hybridized carbons (Fsp3) is 0.410. The number of likely N-dealkylation sites (tertiary alicyclic amines) is 1. The summed E-state index contributed by atoms with van der Waals surface area (Å²) in [4.78, 5) is 58.7. The van der Waals surface area contributed by atoms with E-state index < -0.39 is 0 Å². The molecule has 3 saturated heterocycles. The molecule has 1 unspecified atom stereocenters. The van der Waals surface area contributed by atoms with Gasteiger partial charge in [0.2, 0.25) is 11.8 Å². The molecule has 0 saturated carbocycles. The molecule has 8 rings (SSSR count). The van der Waals surface area contributed by atoms with E-state index in [1.807, 2.05) is 26.4 Å². The van der Waals surface area contributed by atoms with Crippen LogP contribution in [0.2, 0.25) is 5.02 Å². The summed E-state index contributed by atoms with van der Waals surface area (Å²) < 4.78 is 7.92. The number of halogens is 1. The fourth-order valence-electron chi connectivity index (χ4n) is 7.91. The number of imide groups is 1. The Morgan fingerprint density at radius 2 is 1.83 bits per heavy atom. The Kier molecular flexibility index (Phi) is 10.0. The molecule has 4 aromatic heterocycles. The van der Waals surface area contributed by atoms with Gasteiger partial charge in [-0.05, 0) is 86.9 Å². The first-order valence-electron chi connectivity index (χ1n) is 18.5. The minimum atomic E-state index is -0.327. The number of aromatic nitrogens is 6. The highest BCUT2D eigenvalue weighted by molar-refractivity contribution is 6.32. The number of piperidine rings is 2. The molecule has 280 valence electrons. The van der Waals surface area contributed by atoms with E-state index in [4.69, 9.17) is 16.3 Å². The molecule has 7 heterocycles. The predicted octanol–water partition coefficient (Wildman–Crippen LogP) is 5.00. The van der Waals surface area contributed by atoms with Gasteiger partial charge >= 0.3 is 0 Å². The summed E-state index contributed by atoms with van der Waals surface area (Å²) in [7, 11) is 1.86. The molecule has 15 heteroatoms. The molecule has 3 aliphatic rings. The monoisotopic (exact) mass is 750 g/mol. The number of aryl methyl sites for hydroxylation is 2. The van der Waals surface area contributed by atoms with Crippen molar-refractivity contribution in [2.75, 3.05) is 44.2 Å². The van der Waals surface area contributed by atoms with E-state index in [2.05, 4.69) is 51.5 Å².